The van der Waals surface area contributed by atoms with Crippen LogP contribution in [0.5, 0.6) is 0 Å². The highest BCUT2D eigenvalue weighted by Crippen LogP contribution is 2.32. The Morgan fingerprint density at radius 2 is 1.91 bits per heavy atom. The minimum Gasteiger partial charge on any atom is -0.388 e. The molecule has 0 aliphatic rings. The standard InChI is InChI=1S/C16H24N4OS/c1-16(2,3)14(12-8-6-5-7-9-12)17-11-20-15(22)19(4)13(10-21)18-20/h5-9,14,17,21H,10-11H2,1-4H3. The summed E-state index contributed by atoms with van der Waals surface area (Å²) in [6.45, 7) is 7.00. The van der Waals surface area contributed by atoms with Crippen LogP contribution in [-0.4, -0.2) is 19.5 Å². The van der Waals surface area contributed by atoms with Gasteiger partial charge in [-0.15, -0.1) is 0 Å². The smallest absolute Gasteiger partial charge is 0.198 e. The molecule has 0 amide bonds. The zero-order valence-electron chi connectivity index (χ0n) is 13.6. The average Bonchev–Trinajstić information content (AvgIpc) is 2.75. The summed E-state index contributed by atoms with van der Waals surface area (Å²) >= 11 is 5.35. The Morgan fingerprint density at radius 1 is 1.27 bits per heavy atom. The van der Waals surface area contributed by atoms with Crippen molar-refractivity contribution in [3.8, 4) is 0 Å². The van der Waals surface area contributed by atoms with Gasteiger partial charge in [0.2, 0.25) is 0 Å². The number of aromatic nitrogens is 3. The number of nitrogens with zero attached hydrogens (tertiary/aromatic N) is 3. The van der Waals surface area contributed by atoms with E-state index < -0.39 is 0 Å². The molecule has 0 radical (unpaired) electrons. The van der Waals surface area contributed by atoms with E-state index in [0.29, 0.717) is 17.3 Å². The van der Waals surface area contributed by atoms with E-state index in [1.807, 2.05) is 25.2 Å². The van der Waals surface area contributed by atoms with Crippen LogP contribution in [-0.2, 0) is 20.3 Å². The van der Waals surface area contributed by atoms with E-state index in [2.05, 4.69) is 43.3 Å². The number of hydrogen-bond donors (Lipinski definition) is 2. The zero-order valence-corrected chi connectivity index (χ0v) is 14.4. The van der Waals surface area contributed by atoms with Crippen molar-refractivity contribution >= 4 is 12.2 Å². The highest BCUT2D eigenvalue weighted by atomic mass is 32.1. The Bertz CT molecular complexity index is 670. The first-order valence-electron chi connectivity index (χ1n) is 7.36. The highest BCUT2D eigenvalue weighted by molar-refractivity contribution is 7.71. The molecule has 1 aromatic carbocycles. The van der Waals surface area contributed by atoms with Gasteiger partial charge in [-0.2, -0.15) is 5.10 Å². The molecule has 1 heterocycles. The number of aliphatic hydroxyl groups excluding tert-OH is 1. The van der Waals surface area contributed by atoms with Gasteiger partial charge in [0.15, 0.2) is 10.6 Å². The van der Waals surface area contributed by atoms with Gasteiger partial charge < -0.3 is 9.67 Å². The van der Waals surface area contributed by atoms with E-state index in [9.17, 15) is 5.11 Å². The van der Waals surface area contributed by atoms with Crippen molar-refractivity contribution in [2.75, 3.05) is 0 Å². The minimum absolute atomic E-state index is 0.0537. The molecule has 22 heavy (non-hydrogen) atoms. The van der Waals surface area contributed by atoms with Gasteiger partial charge in [-0.25, -0.2) is 4.68 Å². The molecule has 0 saturated carbocycles. The van der Waals surface area contributed by atoms with Crippen molar-refractivity contribution in [3.05, 3.63) is 46.5 Å². The molecular weight excluding hydrogens is 296 g/mol. The van der Waals surface area contributed by atoms with Crippen LogP contribution in [0.2, 0.25) is 0 Å². The summed E-state index contributed by atoms with van der Waals surface area (Å²) in [4.78, 5) is 0. The third kappa shape index (κ3) is 3.63. The summed E-state index contributed by atoms with van der Waals surface area (Å²) in [6.07, 6.45) is 0. The number of benzene rings is 1. The van der Waals surface area contributed by atoms with Crippen LogP contribution in [0, 0.1) is 10.2 Å². The van der Waals surface area contributed by atoms with Crippen LogP contribution < -0.4 is 5.32 Å². The van der Waals surface area contributed by atoms with Crippen LogP contribution in [0.15, 0.2) is 30.3 Å². The average molecular weight is 320 g/mol. The van der Waals surface area contributed by atoms with E-state index in [1.54, 1.807) is 9.25 Å². The molecule has 0 aliphatic heterocycles. The van der Waals surface area contributed by atoms with Crippen LogP contribution in [0.1, 0.15) is 38.2 Å². The summed E-state index contributed by atoms with van der Waals surface area (Å²) in [6, 6.07) is 10.5. The molecule has 120 valence electrons. The maximum absolute atomic E-state index is 9.28. The molecule has 6 heteroatoms. The zero-order chi connectivity index (χ0) is 16.3. The van der Waals surface area contributed by atoms with Crippen molar-refractivity contribution in [1.29, 1.82) is 0 Å². The Balaban J connectivity index is 2.21. The molecular formula is C16H24N4OS. The molecule has 2 rings (SSSR count). The van der Waals surface area contributed by atoms with Crippen molar-refractivity contribution in [3.63, 3.8) is 0 Å². The molecule has 2 N–H and O–H groups in total. The molecule has 1 atom stereocenters. The number of hydrogen-bond acceptors (Lipinski definition) is 4. The summed E-state index contributed by atoms with van der Waals surface area (Å²) in [5.74, 6) is 0.568. The monoisotopic (exact) mass is 320 g/mol. The third-order valence-electron chi connectivity index (χ3n) is 3.72. The number of aliphatic hydroxyl groups is 1. The Morgan fingerprint density at radius 3 is 2.41 bits per heavy atom. The predicted molar refractivity (Wildman–Crippen MR) is 89.7 cm³/mol. The first-order chi connectivity index (χ1) is 10.3. The van der Waals surface area contributed by atoms with Gasteiger partial charge >= 0.3 is 0 Å². The summed E-state index contributed by atoms with van der Waals surface area (Å²) in [7, 11) is 1.82. The van der Waals surface area contributed by atoms with Gasteiger partial charge in [0.05, 0.1) is 6.67 Å². The van der Waals surface area contributed by atoms with Gasteiger partial charge in [-0.05, 0) is 23.2 Å². The van der Waals surface area contributed by atoms with E-state index in [0.717, 1.165) is 0 Å². The lowest BCUT2D eigenvalue weighted by atomic mass is 9.82. The van der Waals surface area contributed by atoms with E-state index >= 15 is 0 Å². The topological polar surface area (TPSA) is 55.0 Å². The molecule has 0 spiro atoms. The molecule has 1 aromatic heterocycles. The van der Waals surface area contributed by atoms with Crippen molar-refractivity contribution in [2.24, 2.45) is 12.5 Å². The minimum atomic E-state index is -0.117. The molecule has 1 unspecified atom stereocenters. The normalized spacial score (nSPS) is 13.3. The van der Waals surface area contributed by atoms with Crippen LogP contribution >= 0.6 is 12.2 Å². The largest absolute Gasteiger partial charge is 0.388 e. The maximum Gasteiger partial charge on any atom is 0.198 e. The van der Waals surface area contributed by atoms with E-state index in [4.69, 9.17) is 12.2 Å². The molecule has 0 fully saturated rings. The van der Waals surface area contributed by atoms with Gasteiger partial charge in [0, 0.05) is 13.1 Å². The van der Waals surface area contributed by atoms with Crippen LogP contribution in [0.4, 0.5) is 0 Å². The fraction of sp³-hybridized carbons (Fsp3) is 0.500. The Kier molecular flexibility index (Phi) is 5.16. The number of nitrogens with one attached hydrogen (secondary N) is 1. The highest BCUT2D eigenvalue weighted by Gasteiger charge is 2.25. The van der Waals surface area contributed by atoms with Crippen LogP contribution in [0.25, 0.3) is 0 Å². The van der Waals surface area contributed by atoms with E-state index in [1.165, 1.54) is 5.56 Å². The molecule has 0 aliphatic carbocycles. The molecule has 5 nitrogen and oxygen atoms in total. The first-order valence-corrected chi connectivity index (χ1v) is 7.77. The fourth-order valence-electron chi connectivity index (χ4n) is 2.52. The first kappa shape index (κ1) is 16.9. The quantitative estimate of drug-likeness (QED) is 0.832. The number of rotatable bonds is 5. The third-order valence-corrected chi connectivity index (χ3v) is 4.20. The molecule has 0 bridgehead atoms. The second-order valence-corrected chi connectivity index (χ2v) is 6.85. The lowest BCUT2D eigenvalue weighted by molar-refractivity contribution is 0.248. The second kappa shape index (κ2) is 6.73. The molecule has 0 saturated heterocycles. The second-order valence-electron chi connectivity index (χ2n) is 6.49. The Hall–Kier alpha value is -1.50. The Labute approximate surface area is 136 Å². The van der Waals surface area contributed by atoms with Gasteiger partial charge in [-0.1, -0.05) is 51.1 Å². The summed E-state index contributed by atoms with van der Waals surface area (Å²) < 4.78 is 4.03. The summed E-state index contributed by atoms with van der Waals surface area (Å²) in [5.41, 5.74) is 1.29. The lowest BCUT2D eigenvalue weighted by Gasteiger charge is -2.32. The van der Waals surface area contributed by atoms with Gasteiger partial charge in [0.1, 0.15) is 6.61 Å². The maximum atomic E-state index is 9.28. The van der Waals surface area contributed by atoms with E-state index in [-0.39, 0.29) is 18.1 Å². The van der Waals surface area contributed by atoms with Gasteiger partial charge in [-0.3, -0.25) is 5.32 Å². The van der Waals surface area contributed by atoms with Gasteiger partial charge in [0.25, 0.3) is 0 Å². The van der Waals surface area contributed by atoms with Crippen molar-refractivity contribution < 1.29 is 5.11 Å². The summed E-state index contributed by atoms with van der Waals surface area (Å²) in [5, 5.41) is 17.2. The SMILES string of the molecule is Cn1c(CO)nn(CNC(c2ccccc2)C(C)(C)C)c1=S. The fourth-order valence-corrected chi connectivity index (χ4v) is 2.73. The lowest BCUT2D eigenvalue weighted by Crippen LogP contribution is -2.34. The molecule has 2 aromatic rings. The predicted octanol–water partition coefficient (Wildman–Crippen LogP) is 2.78. The van der Waals surface area contributed by atoms with Crippen molar-refractivity contribution in [2.45, 2.75) is 40.1 Å². The van der Waals surface area contributed by atoms with Crippen LogP contribution in [0.3, 0.4) is 0 Å². The van der Waals surface area contributed by atoms with Crippen molar-refractivity contribution in [1.82, 2.24) is 19.7 Å².